The third-order valence-corrected chi connectivity index (χ3v) is 3.44. The van der Waals surface area contributed by atoms with Gasteiger partial charge in [-0.25, -0.2) is 0 Å². The van der Waals surface area contributed by atoms with Crippen molar-refractivity contribution in [1.29, 1.82) is 0 Å². The standard InChI is InChI=1S/C13H22N4O2/c1-3-4-5-9-17(2)13(18)11-15-12(19-16-11)10-7-6-8-14-10/h10,14H,3-9H2,1-2H3. The highest BCUT2D eigenvalue weighted by Crippen LogP contribution is 2.21. The summed E-state index contributed by atoms with van der Waals surface area (Å²) in [7, 11) is 1.78. The van der Waals surface area contributed by atoms with Gasteiger partial charge in [-0.2, -0.15) is 4.98 Å². The van der Waals surface area contributed by atoms with Crippen molar-refractivity contribution >= 4 is 5.91 Å². The van der Waals surface area contributed by atoms with Crippen LogP contribution in [0.5, 0.6) is 0 Å². The van der Waals surface area contributed by atoms with Crippen molar-refractivity contribution in [2.24, 2.45) is 0 Å². The summed E-state index contributed by atoms with van der Waals surface area (Å²) in [6, 6.07) is 0.111. The van der Waals surface area contributed by atoms with E-state index in [0.29, 0.717) is 5.89 Å². The quantitative estimate of drug-likeness (QED) is 0.794. The summed E-state index contributed by atoms with van der Waals surface area (Å²) in [6.07, 6.45) is 5.37. The van der Waals surface area contributed by atoms with Crippen LogP contribution < -0.4 is 5.32 Å². The first-order chi connectivity index (χ1) is 9.22. The second-order valence-corrected chi connectivity index (χ2v) is 5.04. The van der Waals surface area contributed by atoms with Crippen LogP contribution in [0.4, 0.5) is 0 Å². The minimum Gasteiger partial charge on any atom is -0.339 e. The molecular weight excluding hydrogens is 244 g/mol. The Hall–Kier alpha value is -1.43. The predicted octanol–water partition coefficient (Wildman–Crippen LogP) is 1.76. The fourth-order valence-corrected chi connectivity index (χ4v) is 2.23. The molecule has 1 aliphatic rings. The number of carbonyl (C=O) groups excluding carboxylic acids is 1. The van der Waals surface area contributed by atoms with Gasteiger partial charge in [-0.1, -0.05) is 24.9 Å². The van der Waals surface area contributed by atoms with Crippen LogP contribution in [0.1, 0.15) is 61.6 Å². The molecule has 0 aliphatic carbocycles. The van der Waals surface area contributed by atoms with Gasteiger partial charge in [0.2, 0.25) is 5.89 Å². The first kappa shape index (κ1) is 14.0. The van der Waals surface area contributed by atoms with Gasteiger partial charge < -0.3 is 14.7 Å². The summed E-state index contributed by atoms with van der Waals surface area (Å²) in [6.45, 7) is 3.84. The summed E-state index contributed by atoms with van der Waals surface area (Å²) in [5, 5.41) is 7.07. The van der Waals surface area contributed by atoms with Gasteiger partial charge in [0.05, 0.1) is 6.04 Å². The molecule has 6 heteroatoms. The number of hydrogen-bond donors (Lipinski definition) is 1. The van der Waals surface area contributed by atoms with Crippen LogP contribution in [0.25, 0.3) is 0 Å². The van der Waals surface area contributed by atoms with Crippen molar-refractivity contribution in [3.05, 3.63) is 11.7 Å². The molecule has 1 aliphatic heterocycles. The Morgan fingerprint density at radius 3 is 3.05 bits per heavy atom. The number of rotatable bonds is 6. The Morgan fingerprint density at radius 2 is 2.37 bits per heavy atom. The lowest BCUT2D eigenvalue weighted by atomic mass is 10.2. The predicted molar refractivity (Wildman–Crippen MR) is 70.8 cm³/mol. The van der Waals surface area contributed by atoms with Gasteiger partial charge in [0.25, 0.3) is 11.7 Å². The van der Waals surface area contributed by atoms with Crippen molar-refractivity contribution in [1.82, 2.24) is 20.4 Å². The Labute approximate surface area is 113 Å². The first-order valence-electron chi connectivity index (χ1n) is 7.04. The summed E-state index contributed by atoms with van der Waals surface area (Å²) >= 11 is 0. The Bertz CT molecular complexity index is 413. The van der Waals surface area contributed by atoms with E-state index in [4.69, 9.17) is 4.52 Å². The van der Waals surface area contributed by atoms with Gasteiger partial charge in [0.1, 0.15) is 0 Å². The monoisotopic (exact) mass is 266 g/mol. The maximum atomic E-state index is 12.1. The van der Waals surface area contributed by atoms with Gasteiger partial charge in [0.15, 0.2) is 0 Å². The molecule has 1 saturated heterocycles. The maximum absolute atomic E-state index is 12.1. The number of unbranched alkanes of at least 4 members (excludes halogenated alkanes) is 2. The van der Waals surface area contributed by atoms with Crippen molar-refractivity contribution in [3.63, 3.8) is 0 Å². The number of amides is 1. The molecule has 1 aromatic rings. The number of aromatic nitrogens is 2. The highest BCUT2D eigenvalue weighted by Gasteiger charge is 2.25. The van der Waals surface area contributed by atoms with E-state index in [1.165, 1.54) is 0 Å². The van der Waals surface area contributed by atoms with E-state index in [2.05, 4.69) is 22.4 Å². The molecule has 0 aromatic carbocycles. The van der Waals surface area contributed by atoms with Gasteiger partial charge >= 0.3 is 0 Å². The van der Waals surface area contributed by atoms with Gasteiger partial charge in [-0.15, -0.1) is 0 Å². The Kier molecular flexibility index (Phi) is 4.90. The number of nitrogens with one attached hydrogen (secondary N) is 1. The Balaban J connectivity index is 1.91. The average Bonchev–Trinajstić information content (AvgIpc) is 3.08. The molecule has 0 spiro atoms. The average molecular weight is 266 g/mol. The topological polar surface area (TPSA) is 71.3 Å². The van der Waals surface area contributed by atoms with Crippen LogP contribution in [0.2, 0.25) is 0 Å². The van der Waals surface area contributed by atoms with Crippen molar-refractivity contribution in [3.8, 4) is 0 Å². The van der Waals surface area contributed by atoms with Crippen LogP contribution in [0, 0.1) is 0 Å². The smallest absolute Gasteiger partial charge is 0.295 e. The molecule has 2 rings (SSSR count). The molecule has 2 heterocycles. The minimum atomic E-state index is -0.163. The van der Waals surface area contributed by atoms with E-state index in [0.717, 1.165) is 45.2 Å². The normalized spacial score (nSPS) is 18.7. The first-order valence-corrected chi connectivity index (χ1v) is 7.04. The van der Waals surface area contributed by atoms with E-state index in [-0.39, 0.29) is 17.8 Å². The molecule has 106 valence electrons. The SMILES string of the molecule is CCCCCN(C)C(=O)c1noc(C2CCCN2)n1. The number of nitrogens with zero attached hydrogens (tertiary/aromatic N) is 3. The molecular formula is C13H22N4O2. The highest BCUT2D eigenvalue weighted by atomic mass is 16.5. The molecule has 1 fully saturated rings. The van der Waals surface area contributed by atoms with Gasteiger partial charge in [-0.3, -0.25) is 4.79 Å². The lowest BCUT2D eigenvalue weighted by Gasteiger charge is -2.14. The molecule has 1 atom stereocenters. The van der Waals surface area contributed by atoms with Crippen LogP contribution in [-0.4, -0.2) is 41.1 Å². The third-order valence-electron chi connectivity index (χ3n) is 3.44. The molecule has 0 saturated carbocycles. The second kappa shape index (κ2) is 6.65. The van der Waals surface area contributed by atoms with Crippen LogP contribution in [-0.2, 0) is 0 Å². The molecule has 1 unspecified atom stereocenters. The molecule has 0 radical (unpaired) electrons. The molecule has 0 bridgehead atoms. The van der Waals surface area contributed by atoms with Crippen LogP contribution in [0.15, 0.2) is 4.52 Å². The van der Waals surface area contributed by atoms with Crippen molar-refractivity contribution in [2.45, 2.75) is 45.1 Å². The van der Waals surface area contributed by atoms with E-state index in [1.54, 1.807) is 11.9 Å². The summed E-state index contributed by atoms with van der Waals surface area (Å²) in [5.41, 5.74) is 0. The van der Waals surface area contributed by atoms with Crippen molar-refractivity contribution in [2.75, 3.05) is 20.1 Å². The molecule has 1 amide bonds. The fraction of sp³-hybridized carbons (Fsp3) is 0.769. The van der Waals surface area contributed by atoms with Crippen molar-refractivity contribution < 1.29 is 9.32 Å². The molecule has 1 aromatic heterocycles. The highest BCUT2D eigenvalue weighted by molar-refractivity contribution is 5.90. The minimum absolute atomic E-state index is 0.111. The van der Waals surface area contributed by atoms with E-state index >= 15 is 0 Å². The number of hydrogen-bond acceptors (Lipinski definition) is 5. The van der Waals surface area contributed by atoms with E-state index in [1.807, 2.05) is 0 Å². The largest absolute Gasteiger partial charge is 0.339 e. The summed E-state index contributed by atoms with van der Waals surface area (Å²) < 4.78 is 5.17. The third kappa shape index (κ3) is 3.53. The van der Waals surface area contributed by atoms with E-state index in [9.17, 15) is 4.79 Å². The zero-order valence-corrected chi connectivity index (χ0v) is 11.7. The second-order valence-electron chi connectivity index (χ2n) is 5.04. The van der Waals surface area contributed by atoms with Crippen LogP contribution >= 0.6 is 0 Å². The lowest BCUT2D eigenvalue weighted by molar-refractivity contribution is 0.0777. The summed E-state index contributed by atoms with van der Waals surface area (Å²) in [5.74, 6) is 0.537. The lowest BCUT2D eigenvalue weighted by Crippen LogP contribution is -2.28. The van der Waals surface area contributed by atoms with Gasteiger partial charge in [-0.05, 0) is 25.8 Å². The summed E-state index contributed by atoms with van der Waals surface area (Å²) in [4.78, 5) is 18.0. The van der Waals surface area contributed by atoms with Crippen LogP contribution in [0.3, 0.4) is 0 Å². The molecule has 1 N–H and O–H groups in total. The van der Waals surface area contributed by atoms with E-state index < -0.39 is 0 Å². The fourth-order valence-electron chi connectivity index (χ4n) is 2.23. The zero-order chi connectivity index (χ0) is 13.7. The van der Waals surface area contributed by atoms with Gasteiger partial charge in [0, 0.05) is 13.6 Å². The number of carbonyl (C=O) groups is 1. The molecule has 6 nitrogen and oxygen atoms in total. The zero-order valence-electron chi connectivity index (χ0n) is 11.7. The Morgan fingerprint density at radius 1 is 1.53 bits per heavy atom. The maximum Gasteiger partial charge on any atom is 0.295 e. The molecule has 19 heavy (non-hydrogen) atoms.